The normalized spacial score (nSPS) is 27.2. The van der Waals surface area contributed by atoms with Crippen LogP contribution in [-0.2, 0) is 11.2 Å². The van der Waals surface area contributed by atoms with Crippen molar-refractivity contribution in [2.75, 3.05) is 19.6 Å². The van der Waals surface area contributed by atoms with E-state index < -0.39 is 0 Å². The van der Waals surface area contributed by atoms with Crippen LogP contribution in [0.3, 0.4) is 0 Å². The number of nitrogens with zero attached hydrogens (tertiary/aromatic N) is 1. The Hall–Kier alpha value is -1.35. The smallest absolute Gasteiger partial charge is 0.239 e. The van der Waals surface area contributed by atoms with Gasteiger partial charge in [-0.1, -0.05) is 24.3 Å². The molecule has 3 heteroatoms. The van der Waals surface area contributed by atoms with Crippen molar-refractivity contribution in [2.45, 2.75) is 38.1 Å². The number of carbonyl (C=O) groups is 1. The van der Waals surface area contributed by atoms with Gasteiger partial charge >= 0.3 is 0 Å². The molecule has 0 bridgehead atoms. The number of rotatable bonds is 2. The van der Waals surface area contributed by atoms with Crippen molar-refractivity contribution < 1.29 is 4.79 Å². The summed E-state index contributed by atoms with van der Waals surface area (Å²) in [5.41, 5.74) is 2.95. The van der Waals surface area contributed by atoms with Gasteiger partial charge in [-0.2, -0.15) is 0 Å². The zero-order chi connectivity index (χ0) is 13.2. The van der Waals surface area contributed by atoms with Crippen molar-refractivity contribution in [3.8, 4) is 0 Å². The Kier molecular flexibility index (Phi) is 3.56. The molecular formula is C16H22N2O. The molecule has 1 aromatic rings. The molecular weight excluding hydrogens is 236 g/mol. The average Bonchev–Trinajstić information content (AvgIpc) is 2.44. The van der Waals surface area contributed by atoms with Gasteiger partial charge in [-0.3, -0.25) is 4.79 Å². The van der Waals surface area contributed by atoms with Gasteiger partial charge in [0.2, 0.25) is 5.91 Å². The molecule has 1 aliphatic carbocycles. The molecule has 1 aliphatic heterocycles. The molecule has 3 rings (SSSR count). The summed E-state index contributed by atoms with van der Waals surface area (Å²) in [7, 11) is 0. The molecule has 102 valence electrons. The predicted molar refractivity (Wildman–Crippen MR) is 76.2 cm³/mol. The molecule has 1 aromatic carbocycles. The molecule has 1 N–H and O–H groups in total. The quantitative estimate of drug-likeness (QED) is 0.879. The van der Waals surface area contributed by atoms with Gasteiger partial charge in [-0.15, -0.1) is 0 Å². The summed E-state index contributed by atoms with van der Waals surface area (Å²) in [5.74, 6) is 0.786. The first-order valence-corrected chi connectivity index (χ1v) is 7.35. The summed E-state index contributed by atoms with van der Waals surface area (Å²) in [6.45, 7) is 4.62. The maximum absolute atomic E-state index is 12.2. The molecule has 1 amide bonds. The molecule has 0 saturated carbocycles. The Bertz CT molecular complexity index is 472. The average molecular weight is 258 g/mol. The summed E-state index contributed by atoms with van der Waals surface area (Å²) in [6, 6.07) is 8.71. The second-order valence-electron chi connectivity index (χ2n) is 5.75. The van der Waals surface area contributed by atoms with Crippen LogP contribution in [-0.4, -0.2) is 36.5 Å². The van der Waals surface area contributed by atoms with E-state index in [2.05, 4.69) is 29.6 Å². The highest BCUT2D eigenvalue weighted by atomic mass is 16.2. The van der Waals surface area contributed by atoms with E-state index in [1.807, 2.05) is 11.8 Å². The fourth-order valence-electron chi connectivity index (χ4n) is 3.38. The summed E-state index contributed by atoms with van der Waals surface area (Å²) in [6.07, 6.45) is 3.65. The molecule has 2 aliphatic rings. The van der Waals surface area contributed by atoms with Gasteiger partial charge in [0.1, 0.15) is 0 Å². The number of fused-ring (bicyclic) bond motifs is 1. The number of hydrogen-bond acceptors (Lipinski definition) is 2. The van der Waals surface area contributed by atoms with Crippen molar-refractivity contribution in [2.24, 2.45) is 0 Å². The molecule has 0 radical (unpaired) electrons. The zero-order valence-corrected chi connectivity index (χ0v) is 11.6. The van der Waals surface area contributed by atoms with Crippen molar-refractivity contribution in [1.82, 2.24) is 10.2 Å². The summed E-state index contributed by atoms with van der Waals surface area (Å²) in [4.78, 5) is 14.2. The monoisotopic (exact) mass is 258 g/mol. The highest BCUT2D eigenvalue weighted by Crippen LogP contribution is 2.32. The molecule has 1 fully saturated rings. The lowest BCUT2D eigenvalue weighted by atomic mass is 9.82. The minimum absolute atomic E-state index is 0.0208. The first-order valence-electron chi connectivity index (χ1n) is 7.35. The lowest BCUT2D eigenvalue weighted by Crippen LogP contribution is -2.54. The molecule has 2 unspecified atom stereocenters. The van der Waals surface area contributed by atoms with Crippen molar-refractivity contribution in [1.29, 1.82) is 0 Å². The second kappa shape index (κ2) is 5.33. The Labute approximate surface area is 115 Å². The van der Waals surface area contributed by atoms with Gasteiger partial charge in [0.05, 0.1) is 6.04 Å². The lowest BCUT2D eigenvalue weighted by molar-refractivity contribution is -0.135. The van der Waals surface area contributed by atoms with Crippen LogP contribution in [0.5, 0.6) is 0 Å². The van der Waals surface area contributed by atoms with Gasteiger partial charge < -0.3 is 10.2 Å². The van der Waals surface area contributed by atoms with Crippen LogP contribution in [0, 0.1) is 0 Å². The molecule has 0 aromatic heterocycles. The fourth-order valence-corrected chi connectivity index (χ4v) is 3.38. The fraction of sp³-hybridized carbons (Fsp3) is 0.562. The first kappa shape index (κ1) is 12.7. The third-order valence-electron chi connectivity index (χ3n) is 4.45. The summed E-state index contributed by atoms with van der Waals surface area (Å²) in [5, 5.41) is 3.23. The van der Waals surface area contributed by atoms with E-state index in [4.69, 9.17) is 0 Å². The molecule has 1 heterocycles. The SMILES string of the molecule is CC1NCCN(CC2CCCc3ccccc32)C1=O. The van der Waals surface area contributed by atoms with E-state index in [0.717, 1.165) is 19.6 Å². The van der Waals surface area contributed by atoms with E-state index >= 15 is 0 Å². The van der Waals surface area contributed by atoms with Gasteiger partial charge in [0, 0.05) is 25.6 Å². The lowest BCUT2D eigenvalue weighted by Gasteiger charge is -2.36. The topological polar surface area (TPSA) is 32.3 Å². The van der Waals surface area contributed by atoms with Crippen LogP contribution in [0.4, 0.5) is 0 Å². The Morgan fingerprint density at radius 3 is 3.11 bits per heavy atom. The van der Waals surface area contributed by atoms with E-state index in [9.17, 15) is 4.79 Å². The molecule has 19 heavy (non-hydrogen) atoms. The third kappa shape index (κ3) is 2.52. The number of aryl methyl sites for hydroxylation is 1. The highest BCUT2D eigenvalue weighted by Gasteiger charge is 2.28. The number of hydrogen-bond donors (Lipinski definition) is 1. The van der Waals surface area contributed by atoms with Crippen LogP contribution in [0.15, 0.2) is 24.3 Å². The van der Waals surface area contributed by atoms with Gasteiger partial charge in [-0.25, -0.2) is 0 Å². The van der Waals surface area contributed by atoms with Crippen LogP contribution < -0.4 is 5.32 Å². The van der Waals surface area contributed by atoms with E-state index in [1.165, 1.54) is 30.4 Å². The van der Waals surface area contributed by atoms with Gasteiger partial charge in [-0.05, 0) is 37.3 Å². The zero-order valence-electron chi connectivity index (χ0n) is 11.6. The molecule has 0 spiro atoms. The van der Waals surface area contributed by atoms with Gasteiger partial charge in [0.25, 0.3) is 0 Å². The largest absolute Gasteiger partial charge is 0.339 e. The molecule has 2 atom stereocenters. The number of benzene rings is 1. The van der Waals surface area contributed by atoms with Crippen molar-refractivity contribution in [3.05, 3.63) is 35.4 Å². The number of nitrogens with one attached hydrogen (secondary N) is 1. The van der Waals surface area contributed by atoms with E-state index in [-0.39, 0.29) is 11.9 Å². The van der Waals surface area contributed by atoms with Crippen molar-refractivity contribution in [3.63, 3.8) is 0 Å². The Morgan fingerprint density at radius 2 is 2.21 bits per heavy atom. The van der Waals surface area contributed by atoms with E-state index in [1.54, 1.807) is 0 Å². The predicted octanol–water partition coefficient (Wildman–Crippen LogP) is 1.93. The first-order chi connectivity index (χ1) is 9.25. The highest BCUT2D eigenvalue weighted by molar-refractivity contribution is 5.82. The number of piperazine rings is 1. The minimum Gasteiger partial charge on any atom is -0.339 e. The maximum atomic E-state index is 12.2. The van der Waals surface area contributed by atoms with Crippen LogP contribution >= 0.6 is 0 Å². The molecule has 3 nitrogen and oxygen atoms in total. The second-order valence-corrected chi connectivity index (χ2v) is 5.75. The Balaban J connectivity index is 1.76. The Morgan fingerprint density at radius 1 is 1.37 bits per heavy atom. The summed E-state index contributed by atoms with van der Waals surface area (Å²) >= 11 is 0. The van der Waals surface area contributed by atoms with Crippen molar-refractivity contribution >= 4 is 5.91 Å². The van der Waals surface area contributed by atoms with Crippen LogP contribution in [0.25, 0.3) is 0 Å². The minimum atomic E-state index is -0.0208. The third-order valence-corrected chi connectivity index (χ3v) is 4.45. The van der Waals surface area contributed by atoms with E-state index in [0.29, 0.717) is 5.92 Å². The molecule has 1 saturated heterocycles. The van der Waals surface area contributed by atoms with Crippen LogP contribution in [0.2, 0.25) is 0 Å². The van der Waals surface area contributed by atoms with Crippen LogP contribution in [0.1, 0.15) is 36.8 Å². The number of carbonyl (C=O) groups excluding carboxylic acids is 1. The standard InChI is InChI=1S/C16H22N2O/c1-12-16(19)18(10-9-17-12)11-14-7-4-6-13-5-2-3-8-15(13)14/h2-3,5,8,12,14,17H,4,6-7,9-11H2,1H3. The summed E-state index contributed by atoms with van der Waals surface area (Å²) < 4.78 is 0. The van der Waals surface area contributed by atoms with Gasteiger partial charge in [0.15, 0.2) is 0 Å². The maximum Gasteiger partial charge on any atom is 0.239 e. The number of amides is 1.